The Morgan fingerprint density at radius 2 is 1.88 bits per heavy atom. The van der Waals surface area contributed by atoms with Crippen molar-refractivity contribution in [2.45, 2.75) is 20.8 Å². The van der Waals surface area contributed by atoms with Gasteiger partial charge >= 0.3 is 0 Å². The fourth-order valence-electron chi connectivity index (χ4n) is 3.87. The van der Waals surface area contributed by atoms with Crippen LogP contribution >= 0.6 is 0 Å². The van der Waals surface area contributed by atoms with Gasteiger partial charge in [0.2, 0.25) is 5.96 Å². The molecule has 0 fully saturated rings. The molecule has 0 unspecified atom stereocenters. The Morgan fingerprint density at radius 3 is 2.62 bits per heavy atom. The topological polar surface area (TPSA) is 109 Å². The number of nitrogens with two attached hydrogens (primary N) is 1. The maximum absolute atomic E-state index is 14.2. The molecule has 4 aromatic rings. The number of nitrogens with zero attached hydrogens (tertiary/aromatic N) is 3. The summed E-state index contributed by atoms with van der Waals surface area (Å²) in [6.07, 6.45) is 1.76. The van der Waals surface area contributed by atoms with E-state index in [1.54, 1.807) is 36.9 Å². The van der Waals surface area contributed by atoms with Gasteiger partial charge < -0.3 is 15.6 Å². The van der Waals surface area contributed by atoms with Crippen LogP contribution in [0.2, 0.25) is 0 Å². The summed E-state index contributed by atoms with van der Waals surface area (Å²) >= 11 is 0. The molecule has 7 nitrogen and oxygen atoms in total. The summed E-state index contributed by atoms with van der Waals surface area (Å²) in [5.41, 5.74) is 10.8. The van der Waals surface area contributed by atoms with Gasteiger partial charge in [0, 0.05) is 46.8 Å². The normalized spacial score (nSPS) is 11.6. The van der Waals surface area contributed by atoms with Crippen LogP contribution in [-0.2, 0) is 7.05 Å². The summed E-state index contributed by atoms with van der Waals surface area (Å²) in [5.74, 6) is -0.655. The van der Waals surface area contributed by atoms with Crippen molar-refractivity contribution in [3.05, 3.63) is 87.7 Å². The molecule has 0 aliphatic rings. The van der Waals surface area contributed by atoms with E-state index in [0.29, 0.717) is 22.6 Å². The van der Waals surface area contributed by atoms with Crippen molar-refractivity contribution in [2.24, 2.45) is 12.0 Å². The zero-order valence-electron chi connectivity index (χ0n) is 19.4. The summed E-state index contributed by atoms with van der Waals surface area (Å²) in [6, 6.07) is 13.6. The van der Waals surface area contributed by atoms with E-state index >= 15 is 0 Å². The van der Waals surface area contributed by atoms with Gasteiger partial charge in [-0.1, -0.05) is 6.07 Å². The first-order valence-electron chi connectivity index (χ1n) is 10.7. The molecular weight excluding hydrogens is 431 g/mol. The number of aryl methyl sites for hydroxylation is 3. The zero-order chi connectivity index (χ0) is 24.6. The van der Waals surface area contributed by atoms with Crippen LogP contribution in [0, 0.1) is 25.1 Å². The molecule has 0 bridgehead atoms. The first-order chi connectivity index (χ1) is 16.1. The summed E-state index contributed by atoms with van der Waals surface area (Å²) < 4.78 is 15.8. The lowest BCUT2D eigenvalue weighted by Crippen LogP contribution is -2.19. The molecule has 0 amide bonds. The average molecular weight is 457 g/mol. The lowest BCUT2D eigenvalue weighted by molar-refractivity contribution is 0.626. The Labute approximate surface area is 196 Å². The number of guanidine groups is 1. The second-order valence-electron chi connectivity index (χ2n) is 8.25. The quantitative estimate of drug-likeness (QED) is 0.234. The molecule has 4 rings (SSSR count). The number of nitrogens with one attached hydrogen (secondary N) is 2. The van der Waals surface area contributed by atoms with E-state index in [-0.39, 0.29) is 17.1 Å². The van der Waals surface area contributed by atoms with E-state index in [1.807, 2.05) is 38.1 Å². The number of nitrogen functional groups attached to an aromatic ring is 1. The highest BCUT2D eigenvalue weighted by Gasteiger charge is 2.13. The van der Waals surface area contributed by atoms with Crippen LogP contribution in [-0.4, -0.2) is 21.2 Å². The predicted molar refractivity (Wildman–Crippen MR) is 136 cm³/mol. The van der Waals surface area contributed by atoms with Crippen molar-refractivity contribution in [2.75, 3.05) is 11.1 Å². The van der Waals surface area contributed by atoms with E-state index in [9.17, 15) is 9.18 Å². The number of halogens is 1. The van der Waals surface area contributed by atoms with Crippen molar-refractivity contribution in [3.63, 3.8) is 0 Å². The van der Waals surface area contributed by atoms with E-state index in [2.05, 4.69) is 15.3 Å². The number of rotatable bonds is 3. The minimum absolute atomic E-state index is 0.124. The Kier molecular flexibility index (Phi) is 5.98. The predicted octanol–water partition coefficient (Wildman–Crippen LogP) is 4.79. The van der Waals surface area contributed by atoms with E-state index in [4.69, 9.17) is 11.1 Å². The molecule has 0 radical (unpaired) electrons. The number of pyridine rings is 2. The van der Waals surface area contributed by atoms with Crippen molar-refractivity contribution < 1.29 is 4.39 Å². The van der Waals surface area contributed by atoms with Crippen LogP contribution in [0.1, 0.15) is 23.7 Å². The van der Waals surface area contributed by atoms with E-state index in [1.165, 1.54) is 12.1 Å². The van der Waals surface area contributed by atoms with E-state index < -0.39 is 5.82 Å². The molecule has 0 spiro atoms. The lowest BCUT2D eigenvalue weighted by Gasteiger charge is -2.13. The summed E-state index contributed by atoms with van der Waals surface area (Å²) in [5, 5.41) is 12.0. The van der Waals surface area contributed by atoms with Crippen LogP contribution in [0.3, 0.4) is 0 Å². The van der Waals surface area contributed by atoms with Crippen LogP contribution in [0.4, 0.5) is 15.8 Å². The molecule has 0 atom stereocenters. The molecular formula is C26H25FN6O. The SMILES string of the molecule is C/C(=N\C(=N)Nc1ccc(C)c(-c2cc3cnc(C)cc3n(C)c2=O)c1)c1ccc(N)cc1F. The van der Waals surface area contributed by atoms with Crippen molar-refractivity contribution >= 4 is 33.9 Å². The van der Waals surface area contributed by atoms with Gasteiger partial charge in [-0.15, -0.1) is 0 Å². The van der Waals surface area contributed by atoms with Crippen molar-refractivity contribution in [1.82, 2.24) is 9.55 Å². The lowest BCUT2D eigenvalue weighted by atomic mass is 9.99. The third-order valence-electron chi connectivity index (χ3n) is 5.70. The molecule has 2 aromatic carbocycles. The third kappa shape index (κ3) is 4.43. The molecule has 4 N–H and O–H groups in total. The Hall–Kier alpha value is -4.33. The highest BCUT2D eigenvalue weighted by Crippen LogP contribution is 2.27. The van der Waals surface area contributed by atoms with Gasteiger partial charge in [-0.05, 0) is 74.4 Å². The maximum atomic E-state index is 14.2. The van der Waals surface area contributed by atoms with Crippen LogP contribution in [0.25, 0.3) is 22.0 Å². The summed E-state index contributed by atoms with van der Waals surface area (Å²) in [7, 11) is 1.74. The first kappa shape index (κ1) is 22.8. The number of anilines is 2. The first-order valence-corrected chi connectivity index (χ1v) is 10.7. The molecule has 172 valence electrons. The smallest absolute Gasteiger partial charge is 0.258 e. The number of hydrogen-bond acceptors (Lipinski definition) is 4. The van der Waals surface area contributed by atoms with Crippen molar-refractivity contribution in [3.8, 4) is 11.1 Å². The third-order valence-corrected chi connectivity index (χ3v) is 5.70. The number of hydrogen-bond donors (Lipinski definition) is 3. The van der Waals surface area contributed by atoms with Crippen molar-refractivity contribution in [1.29, 1.82) is 5.41 Å². The minimum Gasteiger partial charge on any atom is -0.399 e. The van der Waals surface area contributed by atoms with E-state index in [0.717, 1.165) is 27.7 Å². The summed E-state index contributed by atoms with van der Waals surface area (Å²) in [4.78, 5) is 21.7. The zero-order valence-corrected chi connectivity index (χ0v) is 19.4. The highest BCUT2D eigenvalue weighted by molar-refractivity contribution is 6.08. The number of benzene rings is 2. The van der Waals surface area contributed by atoms with Gasteiger partial charge in [0.1, 0.15) is 5.82 Å². The maximum Gasteiger partial charge on any atom is 0.258 e. The second-order valence-corrected chi connectivity index (χ2v) is 8.25. The fraction of sp³-hybridized carbons (Fsp3) is 0.154. The van der Waals surface area contributed by atoms with Crippen LogP contribution in [0.15, 0.2) is 64.5 Å². The number of aliphatic imine (C=N–C) groups is 1. The highest BCUT2D eigenvalue weighted by atomic mass is 19.1. The molecule has 34 heavy (non-hydrogen) atoms. The van der Waals surface area contributed by atoms with Gasteiger partial charge in [0.15, 0.2) is 0 Å². The van der Waals surface area contributed by atoms with Gasteiger partial charge in [-0.2, -0.15) is 0 Å². The summed E-state index contributed by atoms with van der Waals surface area (Å²) in [6.45, 7) is 5.44. The van der Waals surface area contributed by atoms with Gasteiger partial charge in [0.05, 0.1) is 11.2 Å². The molecule has 0 aliphatic heterocycles. The largest absolute Gasteiger partial charge is 0.399 e. The van der Waals surface area contributed by atoms with Gasteiger partial charge in [0.25, 0.3) is 5.56 Å². The van der Waals surface area contributed by atoms with Gasteiger partial charge in [-0.25, -0.2) is 9.38 Å². The molecule has 0 aliphatic carbocycles. The van der Waals surface area contributed by atoms with Crippen LogP contribution in [0.5, 0.6) is 0 Å². The van der Waals surface area contributed by atoms with Gasteiger partial charge in [-0.3, -0.25) is 15.2 Å². The molecule has 2 aromatic heterocycles. The molecule has 0 saturated heterocycles. The van der Waals surface area contributed by atoms with Crippen LogP contribution < -0.4 is 16.6 Å². The monoisotopic (exact) mass is 456 g/mol. The molecule has 8 heteroatoms. The molecule has 2 heterocycles. The average Bonchev–Trinajstić information content (AvgIpc) is 2.78. The fourth-order valence-corrected chi connectivity index (χ4v) is 3.87. The number of fused-ring (bicyclic) bond motifs is 1. The Balaban J connectivity index is 1.68. The second kappa shape index (κ2) is 8.90. The Bertz CT molecular complexity index is 1540. The number of aromatic nitrogens is 2. The molecule has 0 saturated carbocycles. The Morgan fingerprint density at radius 1 is 1.12 bits per heavy atom. The minimum atomic E-state index is -0.497. The standard InChI is InChI=1S/C26H25FN6O/c1-14-5-7-19(32-26(29)31-16(3)20-8-6-18(28)11-23(20)27)12-21(14)22-10-17-13-30-15(2)9-24(17)33(4)25(22)34/h5-13H,28H2,1-4H3,(H2,29,32)/b31-16+.